The molecule has 6 heteroatoms. The average Bonchev–Trinajstić information content (AvgIpc) is 2.52. The second-order valence-corrected chi connectivity index (χ2v) is 4.65. The Morgan fingerprint density at radius 1 is 1.23 bits per heavy atom. The van der Waals surface area contributed by atoms with Gasteiger partial charge in [0.05, 0.1) is 20.1 Å². The number of benzene rings is 1. The summed E-state index contributed by atoms with van der Waals surface area (Å²) < 4.78 is 14.9. The van der Waals surface area contributed by atoms with E-state index in [1.807, 2.05) is 0 Å². The first-order valence-electron chi connectivity index (χ1n) is 6.52. The number of carbonyl (C=O) groups is 2. The number of carbonyl (C=O) groups excluding carboxylic acids is 2. The van der Waals surface area contributed by atoms with E-state index in [0.717, 1.165) is 0 Å². The summed E-state index contributed by atoms with van der Waals surface area (Å²) in [6, 6.07) is 6.46. The summed E-state index contributed by atoms with van der Waals surface area (Å²) in [6.07, 6.45) is 1.36. The smallest absolute Gasteiger partial charge is 0.348 e. The summed E-state index contributed by atoms with van der Waals surface area (Å²) >= 11 is 0. The van der Waals surface area contributed by atoms with Gasteiger partial charge in [-0.15, -0.1) is 0 Å². The molecule has 0 aliphatic carbocycles. The van der Waals surface area contributed by atoms with E-state index in [4.69, 9.17) is 14.7 Å². The SMILES string of the molecule is COC(=O)/C(C#N)=C/c1ccc(OC(=O)C(C)C)c(OC)c1. The topological polar surface area (TPSA) is 85.6 Å². The van der Waals surface area contributed by atoms with Crippen molar-refractivity contribution in [3.63, 3.8) is 0 Å². The van der Waals surface area contributed by atoms with E-state index in [0.29, 0.717) is 11.3 Å². The zero-order chi connectivity index (χ0) is 16.7. The van der Waals surface area contributed by atoms with Crippen LogP contribution in [0.5, 0.6) is 11.5 Å². The number of hydrogen-bond acceptors (Lipinski definition) is 6. The standard InChI is InChI=1S/C16H17NO5/c1-10(2)15(18)22-13-6-5-11(8-14(13)20-3)7-12(9-17)16(19)21-4/h5-8,10H,1-4H3/b12-7+. The lowest BCUT2D eigenvalue weighted by Gasteiger charge is -2.11. The number of rotatable bonds is 5. The van der Waals surface area contributed by atoms with E-state index in [1.54, 1.807) is 32.0 Å². The summed E-state index contributed by atoms with van der Waals surface area (Å²) in [5.74, 6) is -0.778. The molecule has 0 aromatic heterocycles. The molecule has 0 aliphatic rings. The van der Waals surface area contributed by atoms with Crippen LogP contribution in [0.2, 0.25) is 0 Å². The Morgan fingerprint density at radius 3 is 2.41 bits per heavy atom. The van der Waals surface area contributed by atoms with Gasteiger partial charge in [-0.25, -0.2) is 4.79 Å². The maximum Gasteiger partial charge on any atom is 0.348 e. The lowest BCUT2D eigenvalue weighted by atomic mass is 10.1. The molecule has 0 unspecified atom stereocenters. The second kappa shape index (κ2) is 7.84. The highest BCUT2D eigenvalue weighted by atomic mass is 16.6. The predicted molar refractivity (Wildman–Crippen MR) is 79.1 cm³/mol. The first kappa shape index (κ1) is 17.2. The van der Waals surface area contributed by atoms with Crippen molar-refractivity contribution in [2.24, 2.45) is 5.92 Å². The largest absolute Gasteiger partial charge is 0.493 e. The molecule has 22 heavy (non-hydrogen) atoms. The van der Waals surface area contributed by atoms with Crippen LogP contribution in [-0.2, 0) is 14.3 Å². The van der Waals surface area contributed by atoms with Crippen molar-refractivity contribution in [2.45, 2.75) is 13.8 Å². The summed E-state index contributed by atoms with van der Waals surface area (Å²) in [4.78, 5) is 23.0. The van der Waals surface area contributed by atoms with E-state index < -0.39 is 5.97 Å². The minimum absolute atomic E-state index is 0.142. The highest BCUT2D eigenvalue weighted by Crippen LogP contribution is 2.29. The fraction of sp³-hybridized carbons (Fsp3) is 0.312. The van der Waals surface area contributed by atoms with Crippen molar-refractivity contribution >= 4 is 18.0 Å². The Kier molecular flexibility index (Phi) is 6.14. The van der Waals surface area contributed by atoms with Crippen LogP contribution in [0.1, 0.15) is 19.4 Å². The molecule has 6 nitrogen and oxygen atoms in total. The van der Waals surface area contributed by atoms with E-state index >= 15 is 0 Å². The van der Waals surface area contributed by atoms with E-state index in [1.165, 1.54) is 26.4 Å². The van der Waals surface area contributed by atoms with Crippen molar-refractivity contribution in [3.05, 3.63) is 29.3 Å². The molecule has 0 saturated carbocycles. The first-order chi connectivity index (χ1) is 10.4. The van der Waals surface area contributed by atoms with Gasteiger partial charge >= 0.3 is 11.9 Å². The molecule has 0 heterocycles. The van der Waals surface area contributed by atoms with Crippen molar-refractivity contribution in [3.8, 4) is 17.6 Å². The molecule has 0 spiro atoms. The Morgan fingerprint density at radius 2 is 1.91 bits per heavy atom. The van der Waals surface area contributed by atoms with Crippen LogP contribution in [0.25, 0.3) is 6.08 Å². The average molecular weight is 303 g/mol. The van der Waals surface area contributed by atoms with Crippen molar-refractivity contribution in [1.82, 2.24) is 0 Å². The number of nitrogens with zero attached hydrogens (tertiary/aromatic N) is 1. The van der Waals surface area contributed by atoms with Gasteiger partial charge in [0.1, 0.15) is 11.6 Å². The minimum Gasteiger partial charge on any atom is -0.493 e. The summed E-state index contributed by atoms with van der Waals surface area (Å²) in [6.45, 7) is 3.45. The highest BCUT2D eigenvalue weighted by molar-refractivity contribution is 5.97. The normalized spacial score (nSPS) is 10.8. The van der Waals surface area contributed by atoms with Gasteiger partial charge < -0.3 is 14.2 Å². The highest BCUT2D eigenvalue weighted by Gasteiger charge is 2.14. The molecule has 1 rings (SSSR count). The van der Waals surface area contributed by atoms with Crippen molar-refractivity contribution in [2.75, 3.05) is 14.2 Å². The molecule has 0 fully saturated rings. The number of esters is 2. The molecule has 0 bridgehead atoms. The lowest BCUT2D eigenvalue weighted by molar-refractivity contribution is -0.138. The Labute approximate surface area is 128 Å². The lowest BCUT2D eigenvalue weighted by Crippen LogP contribution is -2.15. The zero-order valence-electron chi connectivity index (χ0n) is 12.9. The zero-order valence-corrected chi connectivity index (χ0v) is 12.9. The Bertz CT molecular complexity index is 640. The molecule has 0 saturated heterocycles. The second-order valence-electron chi connectivity index (χ2n) is 4.65. The van der Waals surface area contributed by atoms with Gasteiger partial charge in [0, 0.05) is 0 Å². The molecular formula is C16H17NO5. The molecule has 116 valence electrons. The molecule has 1 aromatic carbocycles. The van der Waals surface area contributed by atoms with Gasteiger partial charge in [-0.1, -0.05) is 19.9 Å². The number of hydrogen-bond donors (Lipinski definition) is 0. The van der Waals surface area contributed by atoms with Crippen LogP contribution in [-0.4, -0.2) is 26.2 Å². The molecule has 0 atom stereocenters. The molecule has 1 aromatic rings. The van der Waals surface area contributed by atoms with Gasteiger partial charge in [-0.3, -0.25) is 4.79 Å². The summed E-state index contributed by atoms with van der Waals surface area (Å²) in [7, 11) is 2.63. The summed E-state index contributed by atoms with van der Waals surface area (Å²) in [5, 5.41) is 8.93. The third kappa shape index (κ3) is 4.35. The fourth-order valence-corrected chi connectivity index (χ4v) is 1.50. The molecule has 0 radical (unpaired) electrons. The van der Waals surface area contributed by atoms with Crippen LogP contribution in [0.4, 0.5) is 0 Å². The van der Waals surface area contributed by atoms with Crippen molar-refractivity contribution < 1.29 is 23.8 Å². The molecule has 0 aliphatic heterocycles. The fourth-order valence-electron chi connectivity index (χ4n) is 1.50. The number of nitriles is 1. The Balaban J connectivity index is 3.13. The quantitative estimate of drug-likeness (QED) is 0.359. The predicted octanol–water partition coefficient (Wildman–Crippen LogP) is 2.34. The molecule has 0 N–H and O–H groups in total. The maximum absolute atomic E-state index is 11.6. The first-order valence-corrected chi connectivity index (χ1v) is 6.52. The molecular weight excluding hydrogens is 286 g/mol. The number of ether oxygens (including phenoxy) is 3. The van der Waals surface area contributed by atoms with E-state index in [2.05, 4.69) is 4.74 Å². The van der Waals surface area contributed by atoms with Crippen LogP contribution < -0.4 is 9.47 Å². The summed E-state index contributed by atoms with van der Waals surface area (Å²) in [5.41, 5.74) is 0.402. The number of methoxy groups -OCH3 is 2. The Hall–Kier alpha value is -2.81. The monoisotopic (exact) mass is 303 g/mol. The van der Waals surface area contributed by atoms with E-state index in [9.17, 15) is 9.59 Å². The van der Waals surface area contributed by atoms with Crippen LogP contribution >= 0.6 is 0 Å². The van der Waals surface area contributed by atoms with Gasteiger partial charge in [0.2, 0.25) is 0 Å². The maximum atomic E-state index is 11.6. The van der Waals surface area contributed by atoms with Gasteiger partial charge in [-0.05, 0) is 23.8 Å². The van der Waals surface area contributed by atoms with Crippen LogP contribution in [0, 0.1) is 17.2 Å². The third-order valence-corrected chi connectivity index (χ3v) is 2.71. The van der Waals surface area contributed by atoms with Crippen LogP contribution in [0.3, 0.4) is 0 Å². The van der Waals surface area contributed by atoms with Gasteiger partial charge in [-0.2, -0.15) is 5.26 Å². The molecule has 0 amide bonds. The third-order valence-electron chi connectivity index (χ3n) is 2.71. The van der Waals surface area contributed by atoms with Crippen molar-refractivity contribution in [1.29, 1.82) is 5.26 Å². The minimum atomic E-state index is -0.725. The van der Waals surface area contributed by atoms with E-state index in [-0.39, 0.29) is 23.2 Å². The van der Waals surface area contributed by atoms with Crippen LogP contribution in [0.15, 0.2) is 23.8 Å². The van der Waals surface area contributed by atoms with Gasteiger partial charge in [0.25, 0.3) is 0 Å². The van der Waals surface area contributed by atoms with Gasteiger partial charge in [0.15, 0.2) is 11.5 Å².